The Hall–Kier alpha value is -2.32. The summed E-state index contributed by atoms with van der Waals surface area (Å²) in [6.07, 6.45) is 2.40. The number of nitrogens with zero attached hydrogens (tertiary/aromatic N) is 3. The van der Waals surface area contributed by atoms with E-state index in [0.29, 0.717) is 19.1 Å². The largest absolute Gasteiger partial charge is 0.497 e. The number of rotatable bonds is 9. The van der Waals surface area contributed by atoms with Crippen LogP contribution in [0.4, 0.5) is 0 Å². The first-order chi connectivity index (χ1) is 14.7. The Morgan fingerprint density at radius 1 is 1.20 bits per heavy atom. The summed E-state index contributed by atoms with van der Waals surface area (Å²) in [6.45, 7) is 7.51. The van der Waals surface area contributed by atoms with Crippen molar-refractivity contribution < 1.29 is 9.47 Å². The maximum absolute atomic E-state index is 5.75. The molecule has 1 aromatic heterocycles. The predicted octanol–water partition coefficient (Wildman–Crippen LogP) is 2.92. The van der Waals surface area contributed by atoms with Crippen LogP contribution in [0.3, 0.4) is 0 Å². The first kappa shape index (κ1) is 22.4. The first-order valence-corrected chi connectivity index (χ1v) is 11.4. The molecule has 0 spiro atoms. The Labute approximate surface area is 183 Å². The van der Waals surface area contributed by atoms with E-state index in [1.54, 1.807) is 25.5 Å². The molecule has 164 valence electrons. The fourth-order valence-electron chi connectivity index (χ4n) is 3.53. The smallest absolute Gasteiger partial charge is 0.191 e. The second-order valence-electron chi connectivity index (χ2n) is 7.48. The van der Waals surface area contributed by atoms with Crippen molar-refractivity contribution in [3.05, 3.63) is 40.3 Å². The standard InChI is InChI=1S/C22H33N5O2S/c1-17-26-19(16-30-17)15-27-11-8-18(9-12-27)14-25-22(23-2)24-10-13-29-21-6-4-20(28-3)5-7-21/h4-7,16,18H,8-15H2,1-3H3,(H2,23,24,25). The van der Waals surface area contributed by atoms with Crippen LogP contribution in [0.1, 0.15) is 23.5 Å². The lowest BCUT2D eigenvalue weighted by Crippen LogP contribution is -2.43. The lowest BCUT2D eigenvalue weighted by molar-refractivity contribution is 0.176. The van der Waals surface area contributed by atoms with Crippen LogP contribution in [0.2, 0.25) is 0 Å². The topological polar surface area (TPSA) is 71.0 Å². The molecule has 3 rings (SSSR count). The number of piperidine rings is 1. The van der Waals surface area contributed by atoms with Crippen LogP contribution in [0.25, 0.3) is 0 Å². The van der Waals surface area contributed by atoms with Crippen LogP contribution in [-0.4, -0.2) is 62.8 Å². The molecule has 0 atom stereocenters. The van der Waals surface area contributed by atoms with Gasteiger partial charge in [0.05, 0.1) is 24.4 Å². The molecule has 1 fully saturated rings. The average Bonchev–Trinajstić information content (AvgIpc) is 3.19. The second kappa shape index (κ2) is 11.8. The third-order valence-electron chi connectivity index (χ3n) is 5.26. The molecule has 1 saturated heterocycles. The molecule has 7 nitrogen and oxygen atoms in total. The number of ether oxygens (including phenoxy) is 2. The van der Waals surface area contributed by atoms with Crippen molar-refractivity contribution in [3.63, 3.8) is 0 Å². The number of nitrogens with one attached hydrogen (secondary N) is 2. The zero-order valence-corrected chi connectivity index (χ0v) is 19.0. The molecule has 0 aliphatic carbocycles. The number of aryl methyl sites for hydroxylation is 1. The number of guanidine groups is 1. The van der Waals surface area contributed by atoms with Crippen molar-refractivity contribution in [2.45, 2.75) is 26.3 Å². The molecular weight excluding hydrogens is 398 g/mol. The highest BCUT2D eigenvalue weighted by atomic mass is 32.1. The van der Waals surface area contributed by atoms with E-state index in [-0.39, 0.29) is 0 Å². The second-order valence-corrected chi connectivity index (χ2v) is 8.54. The quantitative estimate of drug-likeness (QED) is 0.361. The monoisotopic (exact) mass is 431 g/mol. The highest BCUT2D eigenvalue weighted by Gasteiger charge is 2.20. The SMILES string of the molecule is CN=C(NCCOc1ccc(OC)cc1)NCC1CCN(Cc2csc(C)n2)CC1. The van der Waals surface area contributed by atoms with Crippen molar-refractivity contribution in [2.75, 3.05) is 46.9 Å². The number of likely N-dealkylation sites (tertiary alicyclic amines) is 1. The fraction of sp³-hybridized carbons (Fsp3) is 0.545. The Morgan fingerprint density at radius 3 is 2.57 bits per heavy atom. The van der Waals surface area contributed by atoms with Crippen molar-refractivity contribution >= 4 is 17.3 Å². The van der Waals surface area contributed by atoms with E-state index < -0.39 is 0 Å². The molecular formula is C22H33N5O2S. The number of thiazole rings is 1. The van der Waals surface area contributed by atoms with Gasteiger partial charge in [0, 0.05) is 25.5 Å². The molecule has 0 amide bonds. The molecule has 30 heavy (non-hydrogen) atoms. The molecule has 1 aliphatic rings. The number of hydrogen-bond donors (Lipinski definition) is 2. The number of aliphatic imine (C=N–C) groups is 1. The Morgan fingerprint density at radius 2 is 1.93 bits per heavy atom. The summed E-state index contributed by atoms with van der Waals surface area (Å²) in [7, 11) is 3.46. The maximum Gasteiger partial charge on any atom is 0.191 e. The molecule has 0 unspecified atom stereocenters. The highest BCUT2D eigenvalue weighted by Crippen LogP contribution is 2.19. The van der Waals surface area contributed by atoms with Crippen LogP contribution in [-0.2, 0) is 6.54 Å². The van der Waals surface area contributed by atoms with Crippen LogP contribution in [0.5, 0.6) is 11.5 Å². The van der Waals surface area contributed by atoms with E-state index in [2.05, 4.69) is 37.8 Å². The summed E-state index contributed by atoms with van der Waals surface area (Å²) < 4.78 is 10.9. The maximum atomic E-state index is 5.75. The van der Waals surface area contributed by atoms with Crippen molar-refractivity contribution in [3.8, 4) is 11.5 Å². The van der Waals surface area contributed by atoms with Crippen LogP contribution >= 0.6 is 11.3 Å². The van der Waals surface area contributed by atoms with Gasteiger partial charge in [0.15, 0.2) is 5.96 Å². The molecule has 1 aromatic carbocycles. The number of benzene rings is 1. The van der Waals surface area contributed by atoms with E-state index in [9.17, 15) is 0 Å². The van der Waals surface area contributed by atoms with E-state index in [4.69, 9.17) is 9.47 Å². The van der Waals surface area contributed by atoms with E-state index >= 15 is 0 Å². The van der Waals surface area contributed by atoms with Gasteiger partial charge in [-0.2, -0.15) is 0 Å². The predicted molar refractivity (Wildman–Crippen MR) is 123 cm³/mol. The molecule has 2 heterocycles. The molecule has 1 aliphatic heterocycles. The summed E-state index contributed by atoms with van der Waals surface area (Å²) >= 11 is 1.73. The van der Waals surface area contributed by atoms with Gasteiger partial charge in [0.2, 0.25) is 0 Å². The Balaban J connectivity index is 1.28. The van der Waals surface area contributed by atoms with Gasteiger partial charge in [-0.1, -0.05) is 0 Å². The third kappa shape index (κ3) is 7.18. The van der Waals surface area contributed by atoms with Gasteiger partial charge in [0.25, 0.3) is 0 Å². The Kier molecular flexibility index (Phi) is 8.77. The van der Waals surface area contributed by atoms with Gasteiger partial charge in [-0.25, -0.2) is 4.98 Å². The molecule has 2 aromatic rings. The van der Waals surface area contributed by atoms with Gasteiger partial charge in [-0.05, 0) is 63.0 Å². The number of aromatic nitrogens is 1. The van der Waals surface area contributed by atoms with Gasteiger partial charge in [-0.3, -0.25) is 9.89 Å². The minimum atomic E-state index is 0.571. The molecule has 2 N–H and O–H groups in total. The summed E-state index contributed by atoms with van der Waals surface area (Å²) in [4.78, 5) is 11.4. The third-order valence-corrected chi connectivity index (χ3v) is 6.09. The molecule has 0 bridgehead atoms. The van der Waals surface area contributed by atoms with Gasteiger partial charge in [0.1, 0.15) is 18.1 Å². The average molecular weight is 432 g/mol. The Bertz CT molecular complexity index is 785. The summed E-state index contributed by atoms with van der Waals surface area (Å²) in [5.74, 6) is 3.16. The van der Waals surface area contributed by atoms with Crippen molar-refractivity contribution in [1.29, 1.82) is 0 Å². The summed E-state index contributed by atoms with van der Waals surface area (Å²) in [6, 6.07) is 7.61. The van der Waals surface area contributed by atoms with Crippen molar-refractivity contribution in [1.82, 2.24) is 20.5 Å². The van der Waals surface area contributed by atoms with Gasteiger partial charge < -0.3 is 20.1 Å². The minimum Gasteiger partial charge on any atom is -0.497 e. The van der Waals surface area contributed by atoms with Crippen LogP contribution < -0.4 is 20.1 Å². The summed E-state index contributed by atoms with van der Waals surface area (Å²) in [5.41, 5.74) is 1.20. The molecule has 0 saturated carbocycles. The van der Waals surface area contributed by atoms with Crippen LogP contribution in [0.15, 0.2) is 34.6 Å². The molecule has 8 heteroatoms. The van der Waals surface area contributed by atoms with E-state index in [1.807, 2.05) is 24.3 Å². The first-order valence-electron chi connectivity index (χ1n) is 10.5. The van der Waals surface area contributed by atoms with Crippen LogP contribution in [0, 0.1) is 12.8 Å². The van der Waals surface area contributed by atoms with Gasteiger partial charge >= 0.3 is 0 Å². The van der Waals surface area contributed by atoms with Crippen molar-refractivity contribution in [2.24, 2.45) is 10.9 Å². The highest BCUT2D eigenvalue weighted by molar-refractivity contribution is 7.09. The lowest BCUT2D eigenvalue weighted by atomic mass is 9.97. The minimum absolute atomic E-state index is 0.571. The zero-order chi connectivity index (χ0) is 21.2. The van der Waals surface area contributed by atoms with Gasteiger partial charge in [-0.15, -0.1) is 11.3 Å². The fourth-order valence-corrected chi connectivity index (χ4v) is 4.13. The number of methoxy groups -OCH3 is 1. The zero-order valence-electron chi connectivity index (χ0n) is 18.2. The van der Waals surface area contributed by atoms with E-state index in [1.165, 1.54) is 18.5 Å². The lowest BCUT2D eigenvalue weighted by Gasteiger charge is -2.31. The van der Waals surface area contributed by atoms with E-state index in [0.717, 1.165) is 48.6 Å². The normalized spacial score (nSPS) is 15.8. The molecule has 0 radical (unpaired) electrons. The summed E-state index contributed by atoms with van der Waals surface area (Å²) in [5, 5.41) is 10.1. The number of hydrogen-bond acceptors (Lipinski definition) is 6.